The number of anilines is 1. The number of aromatic nitrogens is 2. The lowest BCUT2D eigenvalue weighted by molar-refractivity contribution is 0.654. The van der Waals surface area contributed by atoms with Crippen LogP contribution in [0.25, 0.3) is 0 Å². The summed E-state index contributed by atoms with van der Waals surface area (Å²) in [5, 5.41) is 10.3. The van der Waals surface area contributed by atoms with E-state index in [1.54, 1.807) is 0 Å². The van der Waals surface area contributed by atoms with E-state index in [2.05, 4.69) is 15.5 Å². The average molecular weight is 163 g/mol. The molecule has 0 spiro atoms. The standard InChI is InChI=1S/C9H13N3/c1-2-9(8-3-6(1)8)12-7-4-10-11-5-7/h4-6,8-9,12H,1-3H2,(H,10,11). The molecule has 2 aliphatic rings. The van der Waals surface area contributed by atoms with Crippen LogP contribution in [0.1, 0.15) is 19.3 Å². The fourth-order valence-corrected chi connectivity index (χ4v) is 2.43. The molecule has 3 heteroatoms. The van der Waals surface area contributed by atoms with Crippen LogP contribution in [0.4, 0.5) is 5.69 Å². The molecule has 0 amide bonds. The molecule has 2 fully saturated rings. The number of fused-ring (bicyclic) bond motifs is 1. The summed E-state index contributed by atoms with van der Waals surface area (Å²) in [5.74, 6) is 2.02. The first-order valence-electron chi connectivity index (χ1n) is 4.69. The zero-order chi connectivity index (χ0) is 7.97. The Balaban J connectivity index is 1.68. The van der Waals surface area contributed by atoms with Crippen molar-refractivity contribution in [3.8, 4) is 0 Å². The number of nitrogens with one attached hydrogen (secondary N) is 2. The second-order valence-electron chi connectivity index (χ2n) is 3.97. The Bertz CT molecular complexity index is 267. The van der Waals surface area contributed by atoms with Gasteiger partial charge >= 0.3 is 0 Å². The molecule has 1 aromatic rings. The predicted molar refractivity (Wildman–Crippen MR) is 46.8 cm³/mol. The van der Waals surface area contributed by atoms with Gasteiger partial charge in [0, 0.05) is 12.2 Å². The molecule has 0 aliphatic heterocycles. The summed E-state index contributed by atoms with van der Waals surface area (Å²) in [6, 6.07) is 0.729. The highest BCUT2D eigenvalue weighted by Gasteiger charge is 2.47. The molecule has 1 aromatic heterocycles. The molecule has 3 atom stereocenters. The van der Waals surface area contributed by atoms with Gasteiger partial charge in [-0.1, -0.05) is 0 Å². The number of nitrogens with zero attached hydrogens (tertiary/aromatic N) is 1. The smallest absolute Gasteiger partial charge is 0.0726 e. The van der Waals surface area contributed by atoms with E-state index in [0.29, 0.717) is 0 Å². The molecule has 0 radical (unpaired) electrons. The van der Waals surface area contributed by atoms with Gasteiger partial charge in [-0.05, 0) is 31.1 Å². The Labute approximate surface area is 71.6 Å². The Hall–Kier alpha value is -0.990. The van der Waals surface area contributed by atoms with Gasteiger partial charge < -0.3 is 5.32 Å². The summed E-state index contributed by atoms with van der Waals surface area (Å²) in [7, 11) is 0. The third-order valence-electron chi connectivity index (χ3n) is 3.19. The van der Waals surface area contributed by atoms with Crippen LogP contribution in [0, 0.1) is 11.8 Å². The third-order valence-corrected chi connectivity index (χ3v) is 3.19. The van der Waals surface area contributed by atoms with Crippen molar-refractivity contribution in [1.29, 1.82) is 0 Å². The van der Waals surface area contributed by atoms with Crippen molar-refractivity contribution in [1.82, 2.24) is 10.2 Å². The quantitative estimate of drug-likeness (QED) is 0.695. The maximum Gasteiger partial charge on any atom is 0.0726 e. The topological polar surface area (TPSA) is 40.7 Å². The average Bonchev–Trinajstić information content (AvgIpc) is 2.54. The molecule has 2 aliphatic carbocycles. The summed E-state index contributed by atoms with van der Waals surface area (Å²) >= 11 is 0. The largest absolute Gasteiger partial charge is 0.379 e. The van der Waals surface area contributed by atoms with Gasteiger partial charge in [0.15, 0.2) is 0 Å². The molecule has 3 unspecified atom stereocenters. The first-order chi connectivity index (χ1) is 5.93. The summed E-state index contributed by atoms with van der Waals surface area (Å²) < 4.78 is 0. The first-order valence-corrected chi connectivity index (χ1v) is 4.69. The summed E-state index contributed by atoms with van der Waals surface area (Å²) in [4.78, 5) is 0. The third kappa shape index (κ3) is 0.924. The Morgan fingerprint density at radius 1 is 1.50 bits per heavy atom. The number of H-pyrrole nitrogens is 1. The SMILES string of the molecule is c1n[nH]cc1NC1CCC2CC21. The van der Waals surface area contributed by atoms with Gasteiger partial charge in [-0.15, -0.1) is 0 Å². The van der Waals surface area contributed by atoms with Crippen LogP contribution >= 0.6 is 0 Å². The van der Waals surface area contributed by atoms with Crippen molar-refractivity contribution in [2.24, 2.45) is 11.8 Å². The maximum absolute atomic E-state index is 3.92. The fraction of sp³-hybridized carbons (Fsp3) is 0.667. The molecule has 3 nitrogen and oxygen atoms in total. The van der Waals surface area contributed by atoms with Gasteiger partial charge in [-0.25, -0.2) is 0 Å². The molecular weight excluding hydrogens is 150 g/mol. The summed E-state index contributed by atoms with van der Waals surface area (Å²) in [6.45, 7) is 0. The summed E-state index contributed by atoms with van der Waals surface area (Å²) in [6.07, 6.45) is 8.02. The highest BCUT2D eigenvalue weighted by Crippen LogP contribution is 2.52. The minimum atomic E-state index is 0.729. The van der Waals surface area contributed by atoms with Crippen LogP contribution in [0.15, 0.2) is 12.4 Å². The Morgan fingerprint density at radius 3 is 3.08 bits per heavy atom. The fourth-order valence-electron chi connectivity index (χ4n) is 2.43. The van der Waals surface area contributed by atoms with E-state index in [9.17, 15) is 0 Å². The van der Waals surface area contributed by atoms with Crippen LogP contribution in [-0.2, 0) is 0 Å². The van der Waals surface area contributed by atoms with Crippen molar-refractivity contribution >= 4 is 5.69 Å². The summed E-state index contributed by atoms with van der Waals surface area (Å²) in [5.41, 5.74) is 1.15. The minimum absolute atomic E-state index is 0.729. The van der Waals surface area contributed by atoms with Crippen LogP contribution in [0.3, 0.4) is 0 Å². The number of aromatic amines is 1. The van der Waals surface area contributed by atoms with Crippen molar-refractivity contribution in [2.45, 2.75) is 25.3 Å². The first kappa shape index (κ1) is 6.52. The zero-order valence-corrected chi connectivity index (χ0v) is 6.96. The predicted octanol–water partition coefficient (Wildman–Crippen LogP) is 1.62. The Kier molecular flexibility index (Phi) is 1.22. The molecule has 2 saturated carbocycles. The molecule has 12 heavy (non-hydrogen) atoms. The highest BCUT2D eigenvalue weighted by molar-refractivity contribution is 5.40. The van der Waals surface area contributed by atoms with Gasteiger partial charge in [0.25, 0.3) is 0 Å². The molecular formula is C9H13N3. The monoisotopic (exact) mass is 163 g/mol. The van der Waals surface area contributed by atoms with Gasteiger partial charge in [0.05, 0.1) is 11.9 Å². The molecule has 0 bridgehead atoms. The van der Waals surface area contributed by atoms with Gasteiger partial charge in [0.2, 0.25) is 0 Å². The molecule has 1 heterocycles. The van der Waals surface area contributed by atoms with E-state index >= 15 is 0 Å². The molecule has 2 N–H and O–H groups in total. The maximum atomic E-state index is 3.92. The van der Waals surface area contributed by atoms with Crippen LogP contribution in [0.2, 0.25) is 0 Å². The van der Waals surface area contributed by atoms with E-state index in [0.717, 1.165) is 23.6 Å². The van der Waals surface area contributed by atoms with E-state index < -0.39 is 0 Å². The van der Waals surface area contributed by atoms with Gasteiger partial charge in [-0.2, -0.15) is 5.10 Å². The van der Waals surface area contributed by atoms with Gasteiger partial charge in [0.1, 0.15) is 0 Å². The lowest BCUT2D eigenvalue weighted by Crippen LogP contribution is -2.18. The van der Waals surface area contributed by atoms with E-state index in [4.69, 9.17) is 0 Å². The second kappa shape index (κ2) is 2.25. The van der Waals surface area contributed by atoms with Crippen molar-refractivity contribution < 1.29 is 0 Å². The highest BCUT2D eigenvalue weighted by atomic mass is 15.1. The second-order valence-corrected chi connectivity index (χ2v) is 3.97. The normalized spacial score (nSPS) is 37.8. The van der Waals surface area contributed by atoms with Crippen molar-refractivity contribution in [3.05, 3.63) is 12.4 Å². The number of hydrogen-bond donors (Lipinski definition) is 2. The van der Waals surface area contributed by atoms with Crippen molar-refractivity contribution in [2.75, 3.05) is 5.32 Å². The van der Waals surface area contributed by atoms with E-state index in [-0.39, 0.29) is 0 Å². The van der Waals surface area contributed by atoms with E-state index in [1.807, 2.05) is 12.4 Å². The number of rotatable bonds is 2. The van der Waals surface area contributed by atoms with Crippen LogP contribution < -0.4 is 5.32 Å². The van der Waals surface area contributed by atoms with Crippen LogP contribution in [-0.4, -0.2) is 16.2 Å². The van der Waals surface area contributed by atoms with Crippen molar-refractivity contribution in [3.63, 3.8) is 0 Å². The number of hydrogen-bond acceptors (Lipinski definition) is 2. The Morgan fingerprint density at radius 2 is 2.50 bits per heavy atom. The zero-order valence-electron chi connectivity index (χ0n) is 6.96. The van der Waals surface area contributed by atoms with E-state index in [1.165, 1.54) is 19.3 Å². The van der Waals surface area contributed by atoms with Crippen LogP contribution in [0.5, 0.6) is 0 Å². The molecule has 64 valence electrons. The lowest BCUT2D eigenvalue weighted by atomic mass is 10.2. The lowest BCUT2D eigenvalue weighted by Gasteiger charge is -2.13. The molecule has 3 rings (SSSR count). The minimum Gasteiger partial charge on any atom is -0.379 e. The molecule has 0 aromatic carbocycles. The molecule has 0 saturated heterocycles. The van der Waals surface area contributed by atoms with Gasteiger partial charge in [-0.3, -0.25) is 5.10 Å².